The summed E-state index contributed by atoms with van der Waals surface area (Å²) >= 11 is 6.36. The Balaban J connectivity index is 1.81. The van der Waals surface area contributed by atoms with E-state index in [1.54, 1.807) is 38.6 Å². The van der Waals surface area contributed by atoms with E-state index in [4.69, 9.17) is 25.8 Å². The molecule has 0 amide bonds. The smallest absolute Gasteiger partial charge is 0.387 e. The van der Waals surface area contributed by atoms with E-state index >= 15 is 0 Å². The van der Waals surface area contributed by atoms with Gasteiger partial charge in [0.05, 0.1) is 24.7 Å². The standard InChI is InChI=1S/C23H20ClF2N3O3/c1-30-13-21-28-18-8-6-14(15-7-9-22(31-2)27-11-15)10-19(18)29(21)12-16-17(24)4-3-5-20(16)32-23(25)26/h3-11,23H,12-13H2,1-2H3. The number of rotatable bonds is 8. The van der Waals surface area contributed by atoms with Crippen LogP contribution in [0.15, 0.2) is 54.7 Å². The van der Waals surface area contributed by atoms with Gasteiger partial charge in [0, 0.05) is 35.5 Å². The Bertz CT molecular complexity index is 1230. The van der Waals surface area contributed by atoms with Crippen molar-refractivity contribution in [2.45, 2.75) is 19.8 Å². The lowest BCUT2D eigenvalue weighted by Crippen LogP contribution is -2.10. The van der Waals surface area contributed by atoms with Crippen molar-refractivity contribution in [3.05, 3.63) is 71.1 Å². The van der Waals surface area contributed by atoms with Crippen molar-refractivity contribution in [3.63, 3.8) is 0 Å². The molecule has 0 aliphatic rings. The second-order valence-electron chi connectivity index (χ2n) is 6.93. The van der Waals surface area contributed by atoms with Crippen LogP contribution in [0.5, 0.6) is 11.6 Å². The summed E-state index contributed by atoms with van der Waals surface area (Å²) in [5.41, 5.74) is 3.79. The maximum Gasteiger partial charge on any atom is 0.387 e. The summed E-state index contributed by atoms with van der Waals surface area (Å²) in [5, 5.41) is 0.323. The molecule has 9 heteroatoms. The molecule has 2 aromatic carbocycles. The molecule has 0 radical (unpaired) electrons. The highest BCUT2D eigenvalue weighted by molar-refractivity contribution is 6.31. The summed E-state index contributed by atoms with van der Waals surface area (Å²) in [6, 6.07) is 14.2. The van der Waals surface area contributed by atoms with E-state index in [9.17, 15) is 8.78 Å². The maximum atomic E-state index is 12.9. The van der Waals surface area contributed by atoms with Crippen LogP contribution in [-0.4, -0.2) is 35.4 Å². The fourth-order valence-electron chi connectivity index (χ4n) is 3.50. The average molecular weight is 460 g/mol. The zero-order chi connectivity index (χ0) is 22.7. The molecule has 2 aromatic heterocycles. The normalized spacial score (nSPS) is 11.3. The molecule has 0 atom stereocenters. The van der Waals surface area contributed by atoms with Crippen molar-refractivity contribution < 1.29 is 23.0 Å². The monoisotopic (exact) mass is 459 g/mol. The fraction of sp³-hybridized carbons (Fsp3) is 0.217. The number of alkyl halides is 2. The van der Waals surface area contributed by atoms with Crippen LogP contribution in [0.4, 0.5) is 8.78 Å². The van der Waals surface area contributed by atoms with Crippen molar-refractivity contribution >= 4 is 22.6 Å². The predicted molar refractivity (Wildman–Crippen MR) is 117 cm³/mol. The van der Waals surface area contributed by atoms with E-state index in [1.165, 1.54) is 6.07 Å². The zero-order valence-corrected chi connectivity index (χ0v) is 18.1. The van der Waals surface area contributed by atoms with Gasteiger partial charge in [0.1, 0.15) is 18.2 Å². The number of hydrogen-bond acceptors (Lipinski definition) is 5. The molecule has 0 bridgehead atoms. The molecule has 0 saturated heterocycles. The number of nitrogens with zero attached hydrogens (tertiary/aromatic N) is 3. The van der Waals surface area contributed by atoms with Crippen molar-refractivity contribution in [1.29, 1.82) is 0 Å². The van der Waals surface area contributed by atoms with Crippen LogP contribution in [0.1, 0.15) is 11.4 Å². The number of halogens is 3. The summed E-state index contributed by atoms with van der Waals surface area (Å²) in [6.07, 6.45) is 1.72. The van der Waals surface area contributed by atoms with Gasteiger partial charge in [-0.15, -0.1) is 0 Å². The molecule has 0 fully saturated rings. The maximum absolute atomic E-state index is 12.9. The van der Waals surface area contributed by atoms with Crippen LogP contribution >= 0.6 is 11.6 Å². The lowest BCUT2D eigenvalue weighted by Gasteiger charge is -2.15. The van der Waals surface area contributed by atoms with E-state index in [0.29, 0.717) is 22.3 Å². The van der Waals surface area contributed by atoms with Gasteiger partial charge in [0.2, 0.25) is 5.88 Å². The van der Waals surface area contributed by atoms with Crippen molar-refractivity contribution in [2.24, 2.45) is 0 Å². The van der Waals surface area contributed by atoms with Crippen LogP contribution in [-0.2, 0) is 17.9 Å². The number of pyridine rings is 1. The first-order valence-corrected chi connectivity index (χ1v) is 10.1. The van der Waals surface area contributed by atoms with Gasteiger partial charge in [0.25, 0.3) is 0 Å². The van der Waals surface area contributed by atoms with Crippen LogP contribution in [0, 0.1) is 0 Å². The molecule has 0 aliphatic heterocycles. The van der Waals surface area contributed by atoms with Gasteiger partial charge in [-0.25, -0.2) is 9.97 Å². The SMILES string of the molecule is COCc1nc2ccc(-c3ccc(OC)nc3)cc2n1Cc1c(Cl)cccc1OC(F)F. The number of hydrogen-bond donors (Lipinski definition) is 0. The first-order chi connectivity index (χ1) is 15.5. The Labute approximate surface area is 188 Å². The van der Waals surface area contributed by atoms with E-state index < -0.39 is 6.61 Å². The molecular weight excluding hydrogens is 440 g/mol. The van der Waals surface area contributed by atoms with Crippen LogP contribution < -0.4 is 9.47 Å². The quantitative estimate of drug-likeness (QED) is 0.345. The third-order valence-electron chi connectivity index (χ3n) is 4.99. The molecule has 0 saturated carbocycles. The van der Waals surface area contributed by atoms with E-state index in [0.717, 1.165) is 22.2 Å². The predicted octanol–water partition coefficient (Wildman–Crippen LogP) is 5.56. The minimum absolute atomic E-state index is 0.0215. The minimum atomic E-state index is -2.96. The Hall–Kier alpha value is -3.23. The Morgan fingerprint density at radius 2 is 1.88 bits per heavy atom. The molecule has 0 spiro atoms. The summed E-state index contributed by atoms with van der Waals surface area (Å²) in [5.74, 6) is 1.18. The molecule has 0 unspecified atom stereocenters. The number of aromatic nitrogens is 3. The van der Waals surface area contributed by atoms with Gasteiger partial charge >= 0.3 is 6.61 Å². The van der Waals surface area contributed by atoms with Gasteiger partial charge in [-0.05, 0) is 35.9 Å². The second-order valence-corrected chi connectivity index (χ2v) is 7.34. The molecule has 6 nitrogen and oxygen atoms in total. The zero-order valence-electron chi connectivity index (χ0n) is 17.4. The molecule has 166 valence electrons. The molecule has 2 heterocycles. The third-order valence-corrected chi connectivity index (χ3v) is 5.34. The van der Waals surface area contributed by atoms with Gasteiger partial charge < -0.3 is 18.8 Å². The van der Waals surface area contributed by atoms with E-state index in [2.05, 4.69) is 9.97 Å². The minimum Gasteiger partial charge on any atom is -0.481 e. The molecular formula is C23H20ClF2N3O3. The molecule has 0 aliphatic carbocycles. The Morgan fingerprint density at radius 1 is 1.06 bits per heavy atom. The number of benzene rings is 2. The highest BCUT2D eigenvalue weighted by Crippen LogP contribution is 2.32. The lowest BCUT2D eigenvalue weighted by molar-refractivity contribution is -0.0504. The van der Waals surface area contributed by atoms with Crippen molar-refractivity contribution in [2.75, 3.05) is 14.2 Å². The average Bonchev–Trinajstić information content (AvgIpc) is 3.12. The number of imidazole rings is 1. The molecule has 4 aromatic rings. The van der Waals surface area contributed by atoms with E-state index in [-0.39, 0.29) is 18.9 Å². The third kappa shape index (κ3) is 4.51. The second kappa shape index (κ2) is 9.50. The summed E-state index contributed by atoms with van der Waals surface area (Å²) in [4.78, 5) is 8.91. The van der Waals surface area contributed by atoms with Gasteiger partial charge in [0.15, 0.2) is 0 Å². The number of methoxy groups -OCH3 is 2. The Kier molecular flexibility index (Phi) is 6.53. The number of ether oxygens (including phenoxy) is 3. The molecule has 4 rings (SSSR count). The largest absolute Gasteiger partial charge is 0.481 e. The van der Waals surface area contributed by atoms with Gasteiger partial charge in [-0.1, -0.05) is 23.7 Å². The van der Waals surface area contributed by atoms with Gasteiger partial charge in [-0.2, -0.15) is 8.78 Å². The first kappa shape index (κ1) is 22.0. The van der Waals surface area contributed by atoms with Crippen molar-refractivity contribution in [3.8, 4) is 22.8 Å². The summed E-state index contributed by atoms with van der Waals surface area (Å²) in [7, 11) is 3.13. The topological polar surface area (TPSA) is 58.4 Å². The summed E-state index contributed by atoms with van der Waals surface area (Å²) in [6.45, 7) is -2.54. The van der Waals surface area contributed by atoms with Crippen LogP contribution in [0.3, 0.4) is 0 Å². The highest BCUT2D eigenvalue weighted by atomic mass is 35.5. The van der Waals surface area contributed by atoms with Gasteiger partial charge in [-0.3, -0.25) is 0 Å². The van der Waals surface area contributed by atoms with Crippen LogP contribution in [0.2, 0.25) is 5.02 Å². The summed E-state index contributed by atoms with van der Waals surface area (Å²) < 4.78 is 42.9. The van der Waals surface area contributed by atoms with E-state index in [1.807, 2.05) is 28.8 Å². The molecule has 0 N–H and O–H groups in total. The fourth-order valence-corrected chi connectivity index (χ4v) is 3.72. The lowest BCUT2D eigenvalue weighted by atomic mass is 10.1. The Morgan fingerprint density at radius 3 is 2.56 bits per heavy atom. The van der Waals surface area contributed by atoms with Crippen LogP contribution in [0.25, 0.3) is 22.2 Å². The highest BCUT2D eigenvalue weighted by Gasteiger charge is 2.18. The first-order valence-electron chi connectivity index (χ1n) is 9.71. The molecule has 32 heavy (non-hydrogen) atoms. The van der Waals surface area contributed by atoms with Crippen molar-refractivity contribution in [1.82, 2.24) is 14.5 Å². The number of fused-ring (bicyclic) bond motifs is 1.